The van der Waals surface area contributed by atoms with Gasteiger partial charge in [0.15, 0.2) is 29.3 Å². The number of phenolic OH excluding ortho intramolecular Hbond substituents is 4. The van der Waals surface area contributed by atoms with Gasteiger partial charge in [-0.15, -0.1) is 0 Å². The predicted molar refractivity (Wildman–Crippen MR) is 139 cm³/mol. The van der Waals surface area contributed by atoms with E-state index in [4.69, 9.17) is 18.9 Å². The van der Waals surface area contributed by atoms with Crippen LogP contribution in [0.5, 0.6) is 40.2 Å². The zero-order chi connectivity index (χ0) is 29.7. The molecule has 220 valence electrons. The first-order chi connectivity index (χ1) is 19.6. The second kappa shape index (κ2) is 12.8. The average molecular weight is 576 g/mol. The maximum atomic E-state index is 12.6. The average Bonchev–Trinajstić information content (AvgIpc) is 2.96. The SMILES string of the molecule is O=C(Nc1ccccc1OCCOc1ccc(O)c(O)c1OC[C@H]1OC(O)[C@H](O)[C@@H](O)[C@@H]1O)c1cccc(O)c1O. The van der Waals surface area contributed by atoms with E-state index in [1.807, 2.05) is 0 Å². The van der Waals surface area contributed by atoms with E-state index < -0.39 is 66.2 Å². The quantitative estimate of drug-likeness (QED) is 0.118. The molecule has 1 aliphatic heterocycles. The molecule has 1 amide bonds. The normalized spacial score (nSPS) is 22.1. The maximum Gasteiger partial charge on any atom is 0.259 e. The summed E-state index contributed by atoms with van der Waals surface area (Å²) in [5.41, 5.74) is 0.126. The number of nitrogens with one attached hydrogen (secondary N) is 1. The Labute approximate surface area is 232 Å². The van der Waals surface area contributed by atoms with E-state index in [0.717, 1.165) is 6.07 Å². The molecule has 1 fully saturated rings. The van der Waals surface area contributed by atoms with Crippen LogP contribution in [0.15, 0.2) is 54.6 Å². The number of aromatic hydroxyl groups is 4. The molecule has 1 unspecified atom stereocenters. The summed E-state index contributed by atoms with van der Waals surface area (Å²) in [6.45, 7) is -0.678. The number of benzene rings is 3. The van der Waals surface area contributed by atoms with E-state index in [1.165, 1.54) is 24.3 Å². The Hall–Kier alpha value is -4.47. The van der Waals surface area contributed by atoms with Crippen molar-refractivity contribution in [2.45, 2.75) is 30.7 Å². The van der Waals surface area contributed by atoms with Crippen LogP contribution in [0.25, 0.3) is 0 Å². The Bertz CT molecular complexity index is 1370. The first-order valence-corrected chi connectivity index (χ1v) is 12.3. The minimum atomic E-state index is -1.79. The molecule has 0 spiro atoms. The van der Waals surface area contributed by atoms with Gasteiger partial charge < -0.3 is 65.1 Å². The van der Waals surface area contributed by atoms with E-state index in [-0.39, 0.29) is 41.7 Å². The van der Waals surface area contributed by atoms with Crippen molar-refractivity contribution in [2.24, 2.45) is 0 Å². The molecule has 9 N–H and O–H groups in total. The highest BCUT2D eigenvalue weighted by Crippen LogP contribution is 2.43. The Morgan fingerprint density at radius 1 is 0.732 bits per heavy atom. The molecule has 1 aliphatic rings. The standard InChI is InChI=1S/C27H29NO13/c29-15-6-3-4-13(20(15)31)26(36)28-14-5-1-2-7-17(14)38-10-11-39-18-9-8-16(30)21(32)25(18)40-12-19-22(33)23(34)24(35)27(37)41-19/h1-9,19,22-24,27,29-35,37H,10-12H2,(H,28,36)/t19-,22-,23+,24-,27?/m1/s1. The van der Waals surface area contributed by atoms with Crippen molar-refractivity contribution in [3.8, 4) is 40.2 Å². The molecule has 41 heavy (non-hydrogen) atoms. The van der Waals surface area contributed by atoms with Crippen molar-refractivity contribution >= 4 is 11.6 Å². The van der Waals surface area contributed by atoms with E-state index in [0.29, 0.717) is 0 Å². The summed E-state index contributed by atoms with van der Waals surface area (Å²) < 4.78 is 21.9. The molecule has 1 heterocycles. The third kappa shape index (κ3) is 6.65. The van der Waals surface area contributed by atoms with Crippen LogP contribution in [0.1, 0.15) is 10.4 Å². The zero-order valence-corrected chi connectivity index (χ0v) is 21.3. The molecule has 1 saturated heterocycles. The van der Waals surface area contributed by atoms with E-state index in [1.54, 1.807) is 24.3 Å². The minimum Gasteiger partial charge on any atom is -0.504 e. The molecule has 0 bridgehead atoms. The second-order valence-corrected chi connectivity index (χ2v) is 8.93. The fourth-order valence-corrected chi connectivity index (χ4v) is 3.93. The first kappa shape index (κ1) is 29.5. The maximum absolute atomic E-state index is 12.6. The van der Waals surface area contributed by atoms with Crippen molar-refractivity contribution in [3.05, 3.63) is 60.2 Å². The van der Waals surface area contributed by atoms with Gasteiger partial charge in [-0.1, -0.05) is 18.2 Å². The lowest BCUT2D eigenvalue weighted by atomic mass is 9.99. The second-order valence-electron chi connectivity index (χ2n) is 8.93. The number of hydrogen-bond donors (Lipinski definition) is 9. The van der Waals surface area contributed by atoms with Crippen LogP contribution in [0, 0.1) is 0 Å². The Morgan fingerprint density at radius 2 is 1.41 bits per heavy atom. The lowest BCUT2D eigenvalue weighted by molar-refractivity contribution is -0.285. The molecular formula is C27H29NO13. The van der Waals surface area contributed by atoms with Crippen LogP contribution in [0.2, 0.25) is 0 Å². The van der Waals surface area contributed by atoms with Gasteiger partial charge in [0.25, 0.3) is 5.91 Å². The smallest absolute Gasteiger partial charge is 0.259 e. The fourth-order valence-electron chi connectivity index (χ4n) is 3.93. The summed E-state index contributed by atoms with van der Waals surface area (Å²) in [5, 5.41) is 81.7. The van der Waals surface area contributed by atoms with E-state index in [9.17, 15) is 45.6 Å². The lowest BCUT2D eigenvalue weighted by Crippen LogP contribution is -2.58. The Morgan fingerprint density at radius 3 is 2.17 bits per heavy atom. The molecule has 0 aliphatic carbocycles. The summed E-state index contributed by atoms with van der Waals surface area (Å²) in [6, 6.07) is 12.9. The molecule has 0 aromatic heterocycles. The summed E-state index contributed by atoms with van der Waals surface area (Å²) >= 11 is 0. The molecule has 0 saturated carbocycles. The number of hydrogen-bond acceptors (Lipinski definition) is 13. The highest BCUT2D eigenvalue weighted by atomic mass is 16.6. The molecule has 4 rings (SSSR count). The number of carbonyl (C=O) groups is 1. The van der Waals surface area contributed by atoms with Gasteiger partial charge in [-0.2, -0.15) is 0 Å². The highest BCUT2D eigenvalue weighted by molar-refractivity contribution is 6.07. The predicted octanol–water partition coefficient (Wildman–Crippen LogP) is 0.398. The summed E-state index contributed by atoms with van der Waals surface area (Å²) in [4.78, 5) is 12.6. The number of aliphatic hydroxyl groups excluding tert-OH is 4. The van der Waals surface area contributed by atoms with Crippen LogP contribution in [0.4, 0.5) is 5.69 Å². The minimum absolute atomic E-state index is 0.0312. The highest BCUT2D eigenvalue weighted by Gasteiger charge is 2.43. The number of ether oxygens (including phenoxy) is 4. The number of para-hydroxylation sites is 3. The van der Waals surface area contributed by atoms with Gasteiger partial charge in [0.05, 0.1) is 11.3 Å². The number of amides is 1. The van der Waals surface area contributed by atoms with Gasteiger partial charge >= 0.3 is 0 Å². The van der Waals surface area contributed by atoms with Gasteiger partial charge in [0, 0.05) is 0 Å². The van der Waals surface area contributed by atoms with Gasteiger partial charge in [0.1, 0.15) is 50.0 Å². The van der Waals surface area contributed by atoms with Gasteiger partial charge in [-0.05, 0) is 36.4 Å². The third-order valence-electron chi connectivity index (χ3n) is 6.15. The van der Waals surface area contributed by atoms with Crippen molar-refractivity contribution in [1.82, 2.24) is 0 Å². The van der Waals surface area contributed by atoms with Crippen LogP contribution in [0.3, 0.4) is 0 Å². The zero-order valence-electron chi connectivity index (χ0n) is 21.3. The lowest BCUT2D eigenvalue weighted by Gasteiger charge is -2.38. The van der Waals surface area contributed by atoms with Gasteiger partial charge in [-0.3, -0.25) is 4.79 Å². The van der Waals surface area contributed by atoms with Crippen molar-refractivity contribution < 1.29 is 64.6 Å². The molecule has 3 aromatic rings. The molecule has 5 atom stereocenters. The number of aliphatic hydroxyl groups is 4. The van der Waals surface area contributed by atoms with Crippen LogP contribution in [-0.4, -0.2) is 97.3 Å². The molecule has 0 radical (unpaired) electrons. The van der Waals surface area contributed by atoms with Crippen LogP contribution < -0.4 is 19.5 Å². The fraction of sp³-hybridized carbons (Fsp3) is 0.296. The van der Waals surface area contributed by atoms with Gasteiger partial charge in [-0.25, -0.2) is 0 Å². The molecule has 3 aromatic carbocycles. The van der Waals surface area contributed by atoms with Crippen LogP contribution in [-0.2, 0) is 4.74 Å². The number of anilines is 1. The van der Waals surface area contributed by atoms with Gasteiger partial charge in [0.2, 0.25) is 11.5 Å². The van der Waals surface area contributed by atoms with Crippen molar-refractivity contribution in [1.29, 1.82) is 0 Å². The largest absolute Gasteiger partial charge is 0.504 e. The number of phenols is 4. The Balaban J connectivity index is 1.37. The summed E-state index contributed by atoms with van der Waals surface area (Å²) in [7, 11) is 0. The first-order valence-electron chi connectivity index (χ1n) is 12.3. The topological polar surface area (TPSA) is 228 Å². The van der Waals surface area contributed by atoms with Crippen molar-refractivity contribution in [2.75, 3.05) is 25.1 Å². The third-order valence-corrected chi connectivity index (χ3v) is 6.15. The Kier molecular flexibility index (Phi) is 9.21. The number of carbonyl (C=O) groups excluding carboxylic acids is 1. The summed E-state index contributed by atoms with van der Waals surface area (Å²) in [6.07, 6.45) is -8.15. The summed E-state index contributed by atoms with van der Waals surface area (Å²) in [5.74, 6) is -3.01. The molecule has 14 nitrogen and oxygen atoms in total. The monoisotopic (exact) mass is 575 g/mol. The van der Waals surface area contributed by atoms with E-state index in [2.05, 4.69) is 5.32 Å². The van der Waals surface area contributed by atoms with Crippen LogP contribution >= 0.6 is 0 Å². The van der Waals surface area contributed by atoms with E-state index >= 15 is 0 Å². The van der Waals surface area contributed by atoms with Crippen molar-refractivity contribution in [3.63, 3.8) is 0 Å². The number of rotatable bonds is 10. The molecule has 14 heteroatoms. The molecular weight excluding hydrogens is 546 g/mol.